The summed E-state index contributed by atoms with van der Waals surface area (Å²) in [6, 6.07) is 11.9. The van der Waals surface area contributed by atoms with E-state index >= 15 is 0 Å². The summed E-state index contributed by atoms with van der Waals surface area (Å²) in [5.41, 5.74) is 1.75. The van der Waals surface area contributed by atoms with E-state index in [1.165, 1.54) is 12.1 Å². The molecule has 3 aromatic rings. The Morgan fingerprint density at radius 2 is 1.78 bits per heavy atom. The van der Waals surface area contributed by atoms with Gasteiger partial charge >= 0.3 is 0 Å². The van der Waals surface area contributed by atoms with Gasteiger partial charge in [-0.05, 0) is 36.4 Å². The van der Waals surface area contributed by atoms with Crippen molar-refractivity contribution in [3.63, 3.8) is 0 Å². The number of halogens is 2. The third kappa shape index (κ3) is 3.52. The number of hydrogen-bond acceptors (Lipinski definition) is 4. The molecule has 0 bridgehead atoms. The van der Waals surface area contributed by atoms with Crippen molar-refractivity contribution in [3.8, 4) is 5.88 Å². The van der Waals surface area contributed by atoms with E-state index in [1.54, 1.807) is 25.3 Å². The van der Waals surface area contributed by atoms with Crippen LogP contribution in [0.4, 0.5) is 5.69 Å². The number of anilines is 1. The van der Waals surface area contributed by atoms with Crippen LogP contribution in [0, 0.1) is 0 Å². The molecule has 1 aromatic carbocycles. The van der Waals surface area contributed by atoms with Crippen molar-refractivity contribution in [3.05, 3.63) is 58.3 Å². The van der Waals surface area contributed by atoms with Gasteiger partial charge in [0.1, 0.15) is 10.3 Å². The van der Waals surface area contributed by atoms with Crippen LogP contribution >= 0.6 is 23.2 Å². The molecule has 2 heterocycles. The largest absolute Gasteiger partial charge is 0.481 e. The molecule has 5 nitrogen and oxygen atoms in total. The number of carbonyl (C=O) groups excluding carboxylic acids is 1. The predicted octanol–water partition coefficient (Wildman–Crippen LogP) is 4.20. The van der Waals surface area contributed by atoms with Gasteiger partial charge in [-0.3, -0.25) is 4.79 Å². The number of nitrogens with zero attached hydrogens (tertiary/aromatic N) is 2. The Morgan fingerprint density at radius 3 is 2.48 bits per heavy atom. The second-order valence-corrected chi connectivity index (χ2v) is 5.49. The molecule has 0 aliphatic carbocycles. The molecule has 0 radical (unpaired) electrons. The van der Waals surface area contributed by atoms with E-state index in [4.69, 9.17) is 27.9 Å². The highest BCUT2D eigenvalue weighted by atomic mass is 35.5. The maximum Gasteiger partial charge on any atom is 0.255 e. The summed E-state index contributed by atoms with van der Waals surface area (Å²) >= 11 is 11.6. The highest BCUT2D eigenvalue weighted by Crippen LogP contribution is 2.22. The lowest BCUT2D eigenvalue weighted by atomic mass is 10.2. The average Bonchev–Trinajstić information content (AvgIpc) is 2.53. The van der Waals surface area contributed by atoms with Gasteiger partial charge in [0.15, 0.2) is 0 Å². The summed E-state index contributed by atoms with van der Waals surface area (Å²) < 4.78 is 5.09. The third-order valence-corrected chi connectivity index (χ3v) is 3.54. The number of rotatable bonds is 3. The molecule has 1 N–H and O–H groups in total. The quantitative estimate of drug-likeness (QED) is 0.721. The van der Waals surface area contributed by atoms with E-state index in [1.807, 2.05) is 12.1 Å². The van der Waals surface area contributed by atoms with E-state index in [0.717, 1.165) is 10.9 Å². The van der Waals surface area contributed by atoms with Crippen molar-refractivity contribution in [2.75, 3.05) is 12.4 Å². The first-order valence-corrected chi connectivity index (χ1v) is 7.40. The van der Waals surface area contributed by atoms with Gasteiger partial charge in [0.25, 0.3) is 5.91 Å². The molecule has 0 fully saturated rings. The molecule has 0 spiro atoms. The van der Waals surface area contributed by atoms with Gasteiger partial charge in [-0.1, -0.05) is 23.2 Å². The average molecular weight is 348 g/mol. The number of benzene rings is 1. The number of ether oxygens (including phenoxy) is 1. The fourth-order valence-electron chi connectivity index (χ4n) is 2.10. The Labute approximate surface area is 142 Å². The lowest BCUT2D eigenvalue weighted by molar-refractivity contribution is 0.102. The summed E-state index contributed by atoms with van der Waals surface area (Å²) in [5.74, 6) is 0.215. The highest BCUT2D eigenvalue weighted by Gasteiger charge is 2.10. The van der Waals surface area contributed by atoms with Crippen LogP contribution in [0.5, 0.6) is 5.88 Å². The molecule has 3 rings (SSSR count). The van der Waals surface area contributed by atoms with E-state index in [-0.39, 0.29) is 16.2 Å². The van der Waals surface area contributed by atoms with Crippen molar-refractivity contribution in [2.24, 2.45) is 0 Å². The number of carbonyl (C=O) groups is 1. The molecule has 2 aromatic heterocycles. The first-order chi connectivity index (χ1) is 11.0. The zero-order valence-electron chi connectivity index (χ0n) is 12.0. The number of nitrogens with one attached hydrogen (secondary N) is 1. The van der Waals surface area contributed by atoms with E-state index in [2.05, 4.69) is 15.3 Å². The molecule has 0 aliphatic heterocycles. The molecule has 0 aliphatic rings. The Morgan fingerprint density at radius 1 is 1.04 bits per heavy atom. The number of fused-ring (bicyclic) bond motifs is 1. The van der Waals surface area contributed by atoms with Crippen LogP contribution in [0.2, 0.25) is 10.3 Å². The van der Waals surface area contributed by atoms with Crippen LogP contribution in [0.1, 0.15) is 10.4 Å². The predicted molar refractivity (Wildman–Crippen MR) is 90.5 cm³/mol. The van der Waals surface area contributed by atoms with Gasteiger partial charge in [0, 0.05) is 22.7 Å². The Balaban J connectivity index is 1.87. The Kier molecular flexibility index (Phi) is 4.32. The minimum Gasteiger partial charge on any atom is -0.481 e. The Hall–Kier alpha value is -2.37. The summed E-state index contributed by atoms with van der Waals surface area (Å²) in [4.78, 5) is 20.4. The van der Waals surface area contributed by atoms with Crippen LogP contribution in [0.15, 0.2) is 42.5 Å². The smallest absolute Gasteiger partial charge is 0.255 e. The van der Waals surface area contributed by atoms with Crippen molar-refractivity contribution >= 4 is 45.7 Å². The van der Waals surface area contributed by atoms with Crippen molar-refractivity contribution in [1.82, 2.24) is 9.97 Å². The minimum atomic E-state index is -0.322. The first-order valence-electron chi connectivity index (χ1n) is 6.64. The number of aromatic nitrogens is 2. The fourth-order valence-corrected chi connectivity index (χ4v) is 2.56. The number of methoxy groups -OCH3 is 1. The normalized spacial score (nSPS) is 10.6. The second-order valence-electron chi connectivity index (χ2n) is 4.72. The van der Waals surface area contributed by atoms with Crippen LogP contribution in [0.25, 0.3) is 10.9 Å². The van der Waals surface area contributed by atoms with E-state index in [0.29, 0.717) is 17.1 Å². The highest BCUT2D eigenvalue weighted by molar-refractivity contribution is 6.33. The molecule has 1 amide bonds. The van der Waals surface area contributed by atoms with Crippen molar-refractivity contribution in [1.29, 1.82) is 0 Å². The Bertz CT molecular complexity index is 879. The van der Waals surface area contributed by atoms with Gasteiger partial charge in [0.2, 0.25) is 5.88 Å². The minimum absolute atomic E-state index is 0.164. The summed E-state index contributed by atoms with van der Waals surface area (Å²) in [7, 11) is 1.56. The van der Waals surface area contributed by atoms with Gasteiger partial charge in [-0.2, -0.15) is 0 Å². The van der Waals surface area contributed by atoms with Crippen LogP contribution in [-0.2, 0) is 0 Å². The van der Waals surface area contributed by atoms with Crippen molar-refractivity contribution in [2.45, 2.75) is 0 Å². The van der Waals surface area contributed by atoms with E-state index in [9.17, 15) is 4.79 Å². The molecule has 7 heteroatoms. The van der Waals surface area contributed by atoms with Gasteiger partial charge in [-0.25, -0.2) is 9.97 Å². The molecule has 0 unspecified atom stereocenters. The summed E-state index contributed by atoms with van der Waals surface area (Å²) in [6.45, 7) is 0. The number of amides is 1. The van der Waals surface area contributed by atoms with Crippen LogP contribution < -0.4 is 10.1 Å². The lowest BCUT2D eigenvalue weighted by Crippen LogP contribution is -2.12. The van der Waals surface area contributed by atoms with Gasteiger partial charge in [0.05, 0.1) is 12.6 Å². The standard InChI is InChI=1S/C16H11Cl2N3O2/c1-23-15-5-2-9-6-11(3-4-12(9)20-15)19-16(22)10-7-13(17)21-14(18)8-10/h2-8H,1H3,(H,19,22). The molecule has 23 heavy (non-hydrogen) atoms. The van der Waals surface area contributed by atoms with Gasteiger partial charge in [-0.15, -0.1) is 0 Å². The van der Waals surface area contributed by atoms with Crippen molar-refractivity contribution < 1.29 is 9.53 Å². The maximum absolute atomic E-state index is 12.3. The zero-order valence-corrected chi connectivity index (χ0v) is 13.5. The van der Waals surface area contributed by atoms with Gasteiger partial charge < -0.3 is 10.1 Å². The second kappa shape index (κ2) is 6.40. The van der Waals surface area contributed by atoms with Crippen LogP contribution in [-0.4, -0.2) is 23.0 Å². The van der Waals surface area contributed by atoms with E-state index < -0.39 is 0 Å². The molecule has 0 saturated heterocycles. The zero-order chi connectivity index (χ0) is 16.4. The molecule has 0 saturated carbocycles. The summed E-state index contributed by atoms with van der Waals surface area (Å²) in [5, 5.41) is 4.00. The molecular weight excluding hydrogens is 337 g/mol. The third-order valence-electron chi connectivity index (χ3n) is 3.16. The fraction of sp³-hybridized carbons (Fsp3) is 0.0625. The number of pyridine rings is 2. The maximum atomic E-state index is 12.3. The topological polar surface area (TPSA) is 64.1 Å². The SMILES string of the molecule is COc1ccc2cc(NC(=O)c3cc(Cl)nc(Cl)c3)ccc2n1. The molecular formula is C16H11Cl2N3O2. The summed E-state index contributed by atoms with van der Waals surface area (Å²) in [6.07, 6.45) is 0. The lowest BCUT2D eigenvalue weighted by Gasteiger charge is -2.07. The first kappa shape index (κ1) is 15.5. The van der Waals surface area contributed by atoms with Crippen LogP contribution in [0.3, 0.4) is 0 Å². The number of hydrogen-bond donors (Lipinski definition) is 1. The molecule has 116 valence electrons. The molecule has 0 atom stereocenters. The monoisotopic (exact) mass is 347 g/mol.